The second kappa shape index (κ2) is 5.57. The van der Waals surface area contributed by atoms with Crippen LogP contribution in [-0.2, 0) is 15.0 Å². The van der Waals surface area contributed by atoms with Crippen molar-refractivity contribution in [3.63, 3.8) is 0 Å². The summed E-state index contributed by atoms with van der Waals surface area (Å²) < 4.78 is 27.5. The van der Waals surface area contributed by atoms with Crippen LogP contribution in [0.5, 0.6) is 0 Å². The molecule has 1 aliphatic carbocycles. The average Bonchev–Trinajstić information content (AvgIpc) is 3.13. The average molecular weight is 274 g/mol. The van der Waals surface area contributed by atoms with Crippen LogP contribution in [0.1, 0.15) is 45.4 Å². The zero-order chi connectivity index (χ0) is 13.2. The topological polar surface area (TPSA) is 66.5 Å². The van der Waals surface area contributed by atoms with E-state index in [1.807, 2.05) is 6.92 Å². The molecule has 0 spiro atoms. The lowest BCUT2D eigenvalue weighted by Crippen LogP contribution is -2.45. The summed E-state index contributed by atoms with van der Waals surface area (Å²) in [7, 11) is -3.60. The van der Waals surface area contributed by atoms with E-state index in [9.17, 15) is 13.2 Å². The van der Waals surface area contributed by atoms with Gasteiger partial charge in [0.1, 0.15) is 0 Å². The molecule has 18 heavy (non-hydrogen) atoms. The van der Waals surface area contributed by atoms with Crippen LogP contribution >= 0.6 is 0 Å². The van der Waals surface area contributed by atoms with Gasteiger partial charge >= 0.3 is 10.2 Å². The van der Waals surface area contributed by atoms with Crippen molar-refractivity contribution in [2.45, 2.75) is 45.4 Å². The van der Waals surface area contributed by atoms with Crippen molar-refractivity contribution in [2.24, 2.45) is 11.8 Å². The van der Waals surface area contributed by atoms with Gasteiger partial charge in [0.25, 0.3) is 0 Å². The molecule has 0 aromatic carbocycles. The van der Waals surface area contributed by atoms with E-state index in [0.29, 0.717) is 31.3 Å². The van der Waals surface area contributed by atoms with Crippen molar-refractivity contribution >= 4 is 16.1 Å². The molecule has 5 nitrogen and oxygen atoms in total. The van der Waals surface area contributed by atoms with Crippen LogP contribution in [0, 0.1) is 11.8 Å². The minimum Gasteiger partial charge on any atom is -0.274 e. The second-order valence-electron chi connectivity index (χ2n) is 5.51. The molecule has 104 valence electrons. The Morgan fingerprint density at radius 2 is 1.89 bits per heavy atom. The highest BCUT2D eigenvalue weighted by atomic mass is 32.2. The summed E-state index contributed by atoms with van der Waals surface area (Å²) in [6.07, 6.45) is 5.50. The van der Waals surface area contributed by atoms with Gasteiger partial charge in [0.15, 0.2) is 0 Å². The molecule has 1 atom stereocenters. The first-order valence-electron chi connectivity index (χ1n) is 6.80. The summed E-state index contributed by atoms with van der Waals surface area (Å²) in [6, 6.07) is 0. The molecule has 0 radical (unpaired) electrons. The first-order valence-corrected chi connectivity index (χ1v) is 8.24. The number of carbonyl (C=O) groups is 1. The third kappa shape index (κ3) is 3.68. The lowest BCUT2D eigenvalue weighted by Gasteiger charge is -2.25. The maximum atomic E-state index is 12.0. The largest absolute Gasteiger partial charge is 0.303 e. The zero-order valence-corrected chi connectivity index (χ0v) is 11.7. The highest BCUT2D eigenvalue weighted by molar-refractivity contribution is 7.87. The number of rotatable bonds is 5. The van der Waals surface area contributed by atoms with E-state index in [2.05, 4.69) is 4.72 Å². The van der Waals surface area contributed by atoms with Crippen molar-refractivity contribution < 1.29 is 13.2 Å². The predicted molar refractivity (Wildman–Crippen MR) is 69.0 cm³/mol. The van der Waals surface area contributed by atoms with Gasteiger partial charge in [0, 0.05) is 19.5 Å². The Morgan fingerprint density at radius 1 is 1.28 bits per heavy atom. The van der Waals surface area contributed by atoms with Gasteiger partial charge in [-0.1, -0.05) is 13.3 Å². The molecule has 1 amide bonds. The van der Waals surface area contributed by atoms with Gasteiger partial charge < -0.3 is 0 Å². The van der Waals surface area contributed by atoms with Gasteiger partial charge in [-0.25, -0.2) is 4.72 Å². The van der Waals surface area contributed by atoms with E-state index in [4.69, 9.17) is 0 Å². The second-order valence-corrected chi connectivity index (χ2v) is 7.18. The van der Waals surface area contributed by atoms with E-state index in [0.717, 1.165) is 19.3 Å². The molecule has 2 rings (SSSR count). The van der Waals surface area contributed by atoms with Gasteiger partial charge in [-0.3, -0.25) is 4.79 Å². The van der Waals surface area contributed by atoms with E-state index in [-0.39, 0.29) is 5.91 Å². The molecule has 1 saturated carbocycles. The molecule has 0 bridgehead atoms. The monoisotopic (exact) mass is 274 g/mol. The summed E-state index contributed by atoms with van der Waals surface area (Å²) in [4.78, 5) is 11.7. The van der Waals surface area contributed by atoms with E-state index in [1.165, 1.54) is 17.1 Å². The number of carbonyl (C=O) groups excluding carboxylic acids is 1. The van der Waals surface area contributed by atoms with E-state index >= 15 is 0 Å². The van der Waals surface area contributed by atoms with Gasteiger partial charge in [-0.2, -0.15) is 12.7 Å². The molecule has 1 N–H and O–H groups in total. The molecule has 6 heteroatoms. The van der Waals surface area contributed by atoms with Crippen LogP contribution in [0.15, 0.2) is 0 Å². The summed E-state index contributed by atoms with van der Waals surface area (Å²) >= 11 is 0. The number of nitrogens with zero attached hydrogens (tertiary/aromatic N) is 1. The smallest absolute Gasteiger partial charge is 0.274 e. The highest BCUT2D eigenvalue weighted by Gasteiger charge is 2.31. The number of nitrogens with one attached hydrogen (secondary N) is 1. The summed E-state index contributed by atoms with van der Waals surface area (Å²) in [5.74, 6) is 0.551. The Kier molecular flexibility index (Phi) is 4.27. The van der Waals surface area contributed by atoms with Crippen LogP contribution < -0.4 is 4.72 Å². The van der Waals surface area contributed by atoms with Crippen LogP contribution in [-0.4, -0.2) is 31.7 Å². The molecule has 0 unspecified atom stereocenters. The Bertz CT molecular complexity index is 398. The molecule has 0 aromatic heterocycles. The fourth-order valence-corrected chi connectivity index (χ4v) is 3.72. The minimum absolute atomic E-state index is 0.293. The van der Waals surface area contributed by atoms with Gasteiger partial charge in [0.2, 0.25) is 5.91 Å². The Morgan fingerprint density at radius 3 is 2.44 bits per heavy atom. The van der Waals surface area contributed by atoms with Crippen molar-refractivity contribution in [3.8, 4) is 0 Å². The Hall–Kier alpha value is -0.620. The third-order valence-electron chi connectivity index (χ3n) is 3.83. The standard InChI is InChI=1S/C12H22N2O3S/c1-10(11-5-6-11)9-12(15)13-18(16,17)14-7-3-2-4-8-14/h10-11H,2-9H2,1H3,(H,13,15)/t10-/m0/s1. The minimum atomic E-state index is -3.60. The first-order chi connectivity index (χ1) is 8.49. The summed E-state index contributed by atoms with van der Waals surface area (Å²) in [5.41, 5.74) is 0. The number of amides is 1. The molecule has 1 saturated heterocycles. The van der Waals surface area contributed by atoms with Crippen molar-refractivity contribution in [1.29, 1.82) is 0 Å². The van der Waals surface area contributed by atoms with Gasteiger partial charge in [0.05, 0.1) is 0 Å². The highest BCUT2D eigenvalue weighted by Crippen LogP contribution is 2.38. The fourth-order valence-electron chi connectivity index (χ4n) is 2.48. The lowest BCUT2D eigenvalue weighted by atomic mass is 10.0. The van der Waals surface area contributed by atoms with Crippen molar-refractivity contribution in [2.75, 3.05) is 13.1 Å². The third-order valence-corrected chi connectivity index (χ3v) is 5.36. The predicted octanol–water partition coefficient (Wildman–Crippen LogP) is 1.27. The Balaban J connectivity index is 1.84. The Labute approximate surface area is 109 Å². The quantitative estimate of drug-likeness (QED) is 0.821. The van der Waals surface area contributed by atoms with Crippen LogP contribution in [0.3, 0.4) is 0 Å². The molecular weight excluding hydrogens is 252 g/mol. The molecule has 2 fully saturated rings. The molecule has 1 aliphatic heterocycles. The van der Waals surface area contributed by atoms with Crippen molar-refractivity contribution in [1.82, 2.24) is 9.03 Å². The maximum absolute atomic E-state index is 12.0. The van der Waals surface area contributed by atoms with Gasteiger partial charge in [-0.15, -0.1) is 0 Å². The fraction of sp³-hybridized carbons (Fsp3) is 0.917. The first kappa shape index (κ1) is 13.8. The number of hydrogen-bond acceptors (Lipinski definition) is 3. The number of piperidine rings is 1. The van der Waals surface area contributed by atoms with E-state index < -0.39 is 10.2 Å². The van der Waals surface area contributed by atoms with E-state index in [1.54, 1.807) is 0 Å². The SMILES string of the molecule is C[C@@H](CC(=O)NS(=O)(=O)N1CCCCC1)C1CC1. The molecule has 1 heterocycles. The van der Waals surface area contributed by atoms with Crippen LogP contribution in [0.2, 0.25) is 0 Å². The number of hydrogen-bond donors (Lipinski definition) is 1. The van der Waals surface area contributed by atoms with Crippen LogP contribution in [0.4, 0.5) is 0 Å². The summed E-state index contributed by atoms with van der Waals surface area (Å²) in [5, 5.41) is 0. The summed E-state index contributed by atoms with van der Waals surface area (Å²) in [6.45, 7) is 3.08. The maximum Gasteiger partial charge on any atom is 0.303 e. The molecular formula is C12H22N2O3S. The normalized spacial score (nSPS) is 23.6. The zero-order valence-electron chi connectivity index (χ0n) is 10.9. The molecule has 2 aliphatic rings. The molecule has 0 aromatic rings. The lowest BCUT2D eigenvalue weighted by molar-refractivity contribution is -0.120. The van der Waals surface area contributed by atoms with Crippen LogP contribution in [0.25, 0.3) is 0 Å². The van der Waals surface area contributed by atoms with Gasteiger partial charge in [-0.05, 0) is 37.5 Å². The van der Waals surface area contributed by atoms with Crippen molar-refractivity contribution in [3.05, 3.63) is 0 Å².